The Morgan fingerprint density at radius 2 is 1.81 bits per heavy atom. The average molecular weight is 438 g/mol. The molecule has 0 atom stereocenters. The zero-order valence-corrected chi connectivity index (χ0v) is 19.6. The topological polar surface area (TPSA) is 45.8 Å². The van der Waals surface area contributed by atoms with E-state index >= 15 is 0 Å². The molecule has 3 rings (SSSR count). The summed E-state index contributed by atoms with van der Waals surface area (Å²) in [6, 6.07) is 7.57. The number of furan rings is 1. The highest BCUT2D eigenvalue weighted by molar-refractivity contribution is 5.47. The zero-order chi connectivity index (χ0) is 22.4. The smallest absolute Gasteiger partial charge is 0.142 e. The summed E-state index contributed by atoms with van der Waals surface area (Å²) in [5, 5.41) is 10.1. The van der Waals surface area contributed by atoms with Gasteiger partial charge in [-0.1, -0.05) is 56.9 Å². The number of rotatable bonds is 14. The molecule has 1 aliphatic heterocycles. The van der Waals surface area contributed by atoms with Crippen LogP contribution in [0.1, 0.15) is 81.6 Å². The molecular formula is C28H39NO3. The molecule has 0 saturated heterocycles. The molecule has 0 amide bonds. The van der Waals surface area contributed by atoms with E-state index in [1.165, 1.54) is 56.1 Å². The van der Waals surface area contributed by atoms with Gasteiger partial charge in [0.25, 0.3) is 0 Å². The molecule has 32 heavy (non-hydrogen) atoms. The number of phenolic OH excluding ortho intramolecular Hbond substituents is 1. The Morgan fingerprint density at radius 3 is 2.62 bits per heavy atom. The van der Waals surface area contributed by atoms with Crippen molar-refractivity contribution in [3.8, 4) is 11.5 Å². The monoisotopic (exact) mass is 437 g/mol. The number of hydrogen-bond donors (Lipinski definition) is 1. The molecule has 4 nitrogen and oxygen atoms in total. The highest BCUT2D eigenvalue weighted by Gasteiger charge is 2.22. The molecular weight excluding hydrogens is 398 g/mol. The molecule has 1 aliphatic rings. The second-order valence-electron chi connectivity index (χ2n) is 8.70. The van der Waals surface area contributed by atoms with Crippen molar-refractivity contribution in [1.29, 1.82) is 0 Å². The predicted molar refractivity (Wildman–Crippen MR) is 131 cm³/mol. The molecule has 2 aromatic rings. The predicted octanol–water partition coefficient (Wildman–Crippen LogP) is 7.52. The average Bonchev–Trinajstić information content (AvgIpc) is 3.30. The standard InChI is InChI=1S/C28H39NO3/c1-2-3-4-5-6-7-8-9-10-11-12-13-14-16-24-19-25(30)20-28-27(24)22-29(23-32-28)21-26-17-15-18-31-26/h4-5,7-8,15,17-20,30H,2-3,6,9-14,16,21-23H2,1H3/b5-4-,8-7-. The van der Waals surface area contributed by atoms with Gasteiger partial charge < -0.3 is 14.3 Å². The van der Waals surface area contributed by atoms with Crippen LogP contribution in [0.2, 0.25) is 0 Å². The number of ether oxygens (including phenoxy) is 1. The molecule has 1 N–H and O–H groups in total. The van der Waals surface area contributed by atoms with Crippen LogP contribution < -0.4 is 4.74 Å². The molecule has 4 heteroatoms. The van der Waals surface area contributed by atoms with Gasteiger partial charge in [-0.05, 0) is 62.3 Å². The minimum Gasteiger partial charge on any atom is -0.508 e. The van der Waals surface area contributed by atoms with Gasteiger partial charge in [-0.3, -0.25) is 4.90 Å². The summed E-state index contributed by atoms with van der Waals surface area (Å²) in [7, 11) is 0. The highest BCUT2D eigenvalue weighted by atomic mass is 16.5. The van der Waals surface area contributed by atoms with E-state index in [1.54, 1.807) is 12.3 Å². The van der Waals surface area contributed by atoms with Gasteiger partial charge in [-0.15, -0.1) is 0 Å². The molecule has 0 radical (unpaired) electrons. The van der Waals surface area contributed by atoms with Gasteiger partial charge in [-0.25, -0.2) is 0 Å². The lowest BCUT2D eigenvalue weighted by molar-refractivity contribution is 0.0815. The maximum Gasteiger partial charge on any atom is 0.142 e. The van der Waals surface area contributed by atoms with Crippen LogP contribution in [0.3, 0.4) is 0 Å². The van der Waals surface area contributed by atoms with Gasteiger partial charge in [0, 0.05) is 18.2 Å². The summed E-state index contributed by atoms with van der Waals surface area (Å²) in [6.07, 6.45) is 22.7. The number of hydrogen-bond acceptors (Lipinski definition) is 4. The number of aryl methyl sites for hydroxylation is 1. The molecule has 0 unspecified atom stereocenters. The normalized spacial score (nSPS) is 14.3. The summed E-state index contributed by atoms with van der Waals surface area (Å²) >= 11 is 0. The summed E-state index contributed by atoms with van der Waals surface area (Å²) in [6.45, 7) is 4.28. The van der Waals surface area contributed by atoms with Gasteiger partial charge in [-0.2, -0.15) is 0 Å². The van der Waals surface area contributed by atoms with Crippen molar-refractivity contribution in [3.05, 3.63) is 71.7 Å². The lowest BCUT2D eigenvalue weighted by atomic mass is 9.98. The first-order valence-electron chi connectivity index (χ1n) is 12.3. The summed E-state index contributed by atoms with van der Waals surface area (Å²) in [4.78, 5) is 2.23. The molecule has 0 fully saturated rings. The lowest BCUT2D eigenvalue weighted by Gasteiger charge is -2.30. The molecule has 0 saturated carbocycles. The van der Waals surface area contributed by atoms with E-state index in [2.05, 4.69) is 36.1 Å². The van der Waals surface area contributed by atoms with Crippen LogP contribution in [0.25, 0.3) is 0 Å². The van der Waals surface area contributed by atoms with Crippen LogP contribution in [0.15, 0.2) is 59.2 Å². The maximum atomic E-state index is 10.1. The number of benzene rings is 1. The van der Waals surface area contributed by atoms with Gasteiger partial charge in [0.2, 0.25) is 0 Å². The molecule has 2 heterocycles. The fraction of sp³-hybridized carbons (Fsp3) is 0.500. The van der Waals surface area contributed by atoms with E-state index in [4.69, 9.17) is 9.15 Å². The van der Waals surface area contributed by atoms with Crippen molar-refractivity contribution in [3.63, 3.8) is 0 Å². The van der Waals surface area contributed by atoms with Crippen LogP contribution >= 0.6 is 0 Å². The first-order valence-corrected chi connectivity index (χ1v) is 12.3. The fourth-order valence-electron chi connectivity index (χ4n) is 4.15. The van der Waals surface area contributed by atoms with E-state index in [0.29, 0.717) is 12.5 Å². The molecule has 1 aromatic carbocycles. The lowest BCUT2D eigenvalue weighted by Crippen LogP contribution is -2.32. The van der Waals surface area contributed by atoms with Gasteiger partial charge in [0.1, 0.15) is 24.0 Å². The maximum absolute atomic E-state index is 10.1. The number of unbranched alkanes of at least 4 members (excludes halogenated alkanes) is 6. The van der Waals surface area contributed by atoms with Crippen LogP contribution in [0, 0.1) is 0 Å². The number of phenols is 1. The second-order valence-corrected chi connectivity index (χ2v) is 8.70. The Labute approximate surface area is 193 Å². The van der Waals surface area contributed by atoms with Gasteiger partial charge in [0.05, 0.1) is 12.8 Å². The third kappa shape index (κ3) is 8.23. The van der Waals surface area contributed by atoms with E-state index in [9.17, 15) is 5.11 Å². The van der Waals surface area contributed by atoms with Crippen molar-refractivity contribution in [2.45, 2.75) is 84.2 Å². The Bertz CT molecular complexity index is 839. The highest BCUT2D eigenvalue weighted by Crippen LogP contribution is 2.34. The molecule has 0 bridgehead atoms. The van der Waals surface area contributed by atoms with Crippen molar-refractivity contribution < 1.29 is 14.3 Å². The molecule has 1 aromatic heterocycles. The first kappa shape index (κ1) is 24.2. The largest absolute Gasteiger partial charge is 0.508 e. The van der Waals surface area contributed by atoms with Gasteiger partial charge >= 0.3 is 0 Å². The zero-order valence-electron chi connectivity index (χ0n) is 19.6. The third-order valence-electron chi connectivity index (χ3n) is 5.91. The van der Waals surface area contributed by atoms with Crippen LogP contribution in [0.4, 0.5) is 0 Å². The minimum absolute atomic E-state index is 0.301. The number of fused-ring (bicyclic) bond motifs is 1. The Kier molecular flexibility index (Phi) is 10.5. The molecule has 0 spiro atoms. The first-order chi connectivity index (χ1) is 15.8. The number of aromatic hydroxyl groups is 1. The SMILES string of the molecule is CCC/C=C\C/C=C\CCCCCCCc1cc(O)cc2c1CN(Cc1ccco1)CO2. The van der Waals surface area contributed by atoms with E-state index in [1.807, 2.05) is 18.2 Å². The number of nitrogens with zero attached hydrogens (tertiary/aromatic N) is 1. The van der Waals surface area contributed by atoms with Crippen LogP contribution in [0.5, 0.6) is 11.5 Å². The minimum atomic E-state index is 0.301. The molecule has 174 valence electrons. The fourth-order valence-corrected chi connectivity index (χ4v) is 4.15. The molecule has 0 aliphatic carbocycles. The van der Waals surface area contributed by atoms with Gasteiger partial charge in [0.15, 0.2) is 0 Å². The quantitative estimate of drug-likeness (QED) is 0.245. The van der Waals surface area contributed by atoms with E-state index in [-0.39, 0.29) is 0 Å². The Balaban J connectivity index is 1.36. The summed E-state index contributed by atoms with van der Waals surface area (Å²) < 4.78 is 11.4. The Hall–Kier alpha value is -2.46. The van der Waals surface area contributed by atoms with E-state index in [0.717, 1.165) is 43.9 Å². The summed E-state index contributed by atoms with van der Waals surface area (Å²) in [5.74, 6) is 2.07. The van der Waals surface area contributed by atoms with Crippen molar-refractivity contribution >= 4 is 0 Å². The van der Waals surface area contributed by atoms with Crippen molar-refractivity contribution in [1.82, 2.24) is 4.90 Å². The van der Waals surface area contributed by atoms with Crippen LogP contribution in [-0.2, 0) is 19.5 Å². The van der Waals surface area contributed by atoms with Crippen LogP contribution in [-0.4, -0.2) is 16.7 Å². The number of allylic oxidation sites excluding steroid dienone is 4. The van der Waals surface area contributed by atoms with E-state index < -0.39 is 0 Å². The van der Waals surface area contributed by atoms with Crippen molar-refractivity contribution in [2.75, 3.05) is 6.73 Å². The van der Waals surface area contributed by atoms with Crippen molar-refractivity contribution in [2.24, 2.45) is 0 Å². The Morgan fingerprint density at radius 1 is 1.00 bits per heavy atom. The third-order valence-corrected chi connectivity index (χ3v) is 5.91. The summed E-state index contributed by atoms with van der Waals surface area (Å²) in [5.41, 5.74) is 2.42. The second kappa shape index (κ2) is 13.8.